The minimum Gasteiger partial charge on any atom is -0.479 e. The van der Waals surface area contributed by atoms with Crippen molar-refractivity contribution >= 4 is 27.5 Å². The van der Waals surface area contributed by atoms with Crippen LogP contribution in [0.2, 0.25) is 0 Å². The highest BCUT2D eigenvalue weighted by atomic mass is 32.2. The fourth-order valence-electron chi connectivity index (χ4n) is 2.63. The van der Waals surface area contributed by atoms with Crippen LogP contribution >= 0.6 is 0 Å². The monoisotopic (exact) mass is 311 g/mol. The molecule has 2 aliphatic rings. The van der Waals surface area contributed by atoms with Crippen LogP contribution in [0.25, 0.3) is 0 Å². The summed E-state index contributed by atoms with van der Waals surface area (Å²) in [4.78, 5) is 11.3. The van der Waals surface area contributed by atoms with E-state index in [1.165, 1.54) is 0 Å². The maximum Gasteiger partial charge on any atom is 0.299 e. The number of nitrogens with one attached hydrogen (secondary N) is 3. The van der Waals surface area contributed by atoms with E-state index >= 15 is 0 Å². The van der Waals surface area contributed by atoms with E-state index in [9.17, 15) is 13.2 Å². The summed E-state index contributed by atoms with van der Waals surface area (Å²) in [6.45, 7) is -0.123. The van der Waals surface area contributed by atoms with E-state index in [1.807, 2.05) is 0 Å². The highest BCUT2D eigenvalue weighted by Crippen LogP contribution is 2.35. The van der Waals surface area contributed by atoms with Gasteiger partial charge in [-0.2, -0.15) is 13.1 Å². The summed E-state index contributed by atoms with van der Waals surface area (Å²) in [6, 6.07) is 4.91. The molecule has 0 unspecified atom stereocenters. The van der Waals surface area contributed by atoms with Crippen LogP contribution in [0, 0.1) is 0 Å². The molecule has 0 radical (unpaired) electrons. The minimum absolute atomic E-state index is 0.0114. The van der Waals surface area contributed by atoms with Gasteiger partial charge in [-0.15, -0.1) is 0 Å². The number of benzene rings is 1. The summed E-state index contributed by atoms with van der Waals surface area (Å²) in [5.74, 6) is 0.0838. The van der Waals surface area contributed by atoms with Gasteiger partial charge in [-0.3, -0.25) is 9.52 Å². The van der Waals surface area contributed by atoms with Gasteiger partial charge in [-0.05, 0) is 25.0 Å². The van der Waals surface area contributed by atoms with Crippen molar-refractivity contribution < 1.29 is 17.9 Å². The number of para-hydroxylation sites is 1. The summed E-state index contributed by atoms with van der Waals surface area (Å²) in [5.41, 5.74) is 0.783. The van der Waals surface area contributed by atoms with Crippen molar-refractivity contribution in [1.29, 1.82) is 0 Å². The lowest BCUT2D eigenvalue weighted by molar-refractivity contribution is -0.118. The van der Waals surface area contributed by atoms with Gasteiger partial charge in [0, 0.05) is 6.04 Å². The van der Waals surface area contributed by atoms with Gasteiger partial charge in [0.2, 0.25) is 0 Å². The Kier molecular flexibility index (Phi) is 3.73. The standard InChI is InChI=1S/C13H17N3O4S/c17-12-8-20-13-10(14-12)6-3-7-11(13)16-21(18,19)15-9-4-1-2-5-9/h3,6-7,9,15-16H,1-2,4-5,8H2,(H,14,17). The van der Waals surface area contributed by atoms with Crippen LogP contribution in [0.1, 0.15) is 25.7 Å². The summed E-state index contributed by atoms with van der Waals surface area (Å²) in [7, 11) is -3.66. The van der Waals surface area contributed by atoms with E-state index in [-0.39, 0.29) is 18.6 Å². The molecule has 0 aromatic heterocycles. The van der Waals surface area contributed by atoms with Gasteiger partial charge in [-0.1, -0.05) is 18.9 Å². The first-order valence-corrected chi connectivity index (χ1v) is 8.37. The number of carbonyl (C=O) groups is 1. The molecule has 3 rings (SSSR count). The highest BCUT2D eigenvalue weighted by Gasteiger charge is 2.24. The molecule has 8 heteroatoms. The average Bonchev–Trinajstić information content (AvgIpc) is 2.90. The second kappa shape index (κ2) is 5.53. The number of ether oxygens (including phenoxy) is 1. The number of fused-ring (bicyclic) bond motifs is 1. The minimum atomic E-state index is -3.66. The van der Waals surface area contributed by atoms with Crippen LogP contribution in [0.4, 0.5) is 11.4 Å². The molecule has 21 heavy (non-hydrogen) atoms. The predicted molar refractivity (Wildman–Crippen MR) is 78.5 cm³/mol. The largest absolute Gasteiger partial charge is 0.479 e. The molecular weight excluding hydrogens is 294 g/mol. The molecule has 0 saturated heterocycles. The van der Waals surface area contributed by atoms with Crippen molar-refractivity contribution in [2.45, 2.75) is 31.7 Å². The molecule has 7 nitrogen and oxygen atoms in total. The molecule has 0 bridgehead atoms. The fraction of sp³-hybridized carbons (Fsp3) is 0.462. The lowest BCUT2D eigenvalue weighted by atomic mass is 10.2. The van der Waals surface area contributed by atoms with Crippen molar-refractivity contribution in [2.24, 2.45) is 0 Å². The maximum atomic E-state index is 12.1. The molecule has 1 aliphatic heterocycles. The van der Waals surface area contributed by atoms with E-state index in [2.05, 4.69) is 14.8 Å². The molecule has 1 aromatic carbocycles. The number of hydrogen-bond donors (Lipinski definition) is 3. The van der Waals surface area contributed by atoms with Crippen LogP contribution < -0.4 is 19.5 Å². The molecular formula is C13H17N3O4S. The zero-order valence-electron chi connectivity index (χ0n) is 11.4. The Labute approximate surface area is 123 Å². The second-order valence-electron chi connectivity index (χ2n) is 5.22. The smallest absolute Gasteiger partial charge is 0.299 e. The first-order chi connectivity index (χ1) is 10.0. The SMILES string of the molecule is O=C1COc2c(cccc2NS(=O)(=O)NC2CCCC2)N1. The highest BCUT2D eigenvalue weighted by molar-refractivity contribution is 7.90. The van der Waals surface area contributed by atoms with E-state index in [0.29, 0.717) is 17.1 Å². The van der Waals surface area contributed by atoms with Crippen LogP contribution in [0.3, 0.4) is 0 Å². The van der Waals surface area contributed by atoms with Crippen molar-refractivity contribution in [3.63, 3.8) is 0 Å². The topological polar surface area (TPSA) is 96.5 Å². The molecule has 1 heterocycles. The Balaban J connectivity index is 1.78. The van der Waals surface area contributed by atoms with E-state index in [4.69, 9.17) is 4.74 Å². The molecule has 3 N–H and O–H groups in total. The summed E-state index contributed by atoms with van der Waals surface area (Å²) in [5, 5.41) is 2.64. The van der Waals surface area contributed by atoms with Gasteiger partial charge < -0.3 is 10.1 Å². The molecule has 0 atom stereocenters. The third-order valence-electron chi connectivity index (χ3n) is 3.56. The predicted octanol–water partition coefficient (Wildman–Crippen LogP) is 1.21. The van der Waals surface area contributed by atoms with Crippen molar-refractivity contribution in [2.75, 3.05) is 16.6 Å². The Morgan fingerprint density at radius 3 is 2.76 bits per heavy atom. The number of rotatable bonds is 4. The average molecular weight is 311 g/mol. The summed E-state index contributed by atoms with van der Waals surface area (Å²) in [6.07, 6.45) is 3.81. The van der Waals surface area contributed by atoms with Gasteiger partial charge in [0.15, 0.2) is 12.4 Å². The van der Waals surface area contributed by atoms with Crippen molar-refractivity contribution in [1.82, 2.24) is 4.72 Å². The van der Waals surface area contributed by atoms with Crippen LogP contribution in [0.15, 0.2) is 18.2 Å². The van der Waals surface area contributed by atoms with Crippen LogP contribution in [-0.4, -0.2) is 27.0 Å². The zero-order chi connectivity index (χ0) is 14.9. The van der Waals surface area contributed by atoms with Gasteiger partial charge in [0.25, 0.3) is 16.1 Å². The molecule has 114 valence electrons. The van der Waals surface area contributed by atoms with Crippen molar-refractivity contribution in [3.8, 4) is 5.75 Å². The maximum absolute atomic E-state index is 12.1. The van der Waals surface area contributed by atoms with Crippen LogP contribution in [0.5, 0.6) is 5.75 Å². The third kappa shape index (κ3) is 3.27. The molecule has 1 fully saturated rings. The Morgan fingerprint density at radius 1 is 1.24 bits per heavy atom. The second-order valence-corrected chi connectivity index (χ2v) is 6.67. The quantitative estimate of drug-likeness (QED) is 0.778. The normalized spacial score (nSPS) is 18.8. The third-order valence-corrected chi connectivity index (χ3v) is 4.69. The number of hydrogen-bond acceptors (Lipinski definition) is 4. The van der Waals surface area contributed by atoms with Gasteiger partial charge in [0.1, 0.15) is 0 Å². The van der Waals surface area contributed by atoms with Gasteiger partial charge in [0.05, 0.1) is 11.4 Å². The fourth-order valence-corrected chi connectivity index (χ4v) is 3.82. The molecule has 1 amide bonds. The summed E-state index contributed by atoms with van der Waals surface area (Å²) >= 11 is 0. The molecule has 1 saturated carbocycles. The summed E-state index contributed by atoms with van der Waals surface area (Å²) < 4.78 is 34.7. The van der Waals surface area contributed by atoms with E-state index < -0.39 is 10.2 Å². The number of anilines is 2. The first-order valence-electron chi connectivity index (χ1n) is 6.89. The first kappa shape index (κ1) is 14.2. The Hall–Kier alpha value is -1.80. The van der Waals surface area contributed by atoms with E-state index in [1.54, 1.807) is 18.2 Å². The van der Waals surface area contributed by atoms with Gasteiger partial charge in [-0.25, -0.2) is 0 Å². The van der Waals surface area contributed by atoms with Crippen LogP contribution in [-0.2, 0) is 15.0 Å². The lowest BCUT2D eigenvalue weighted by Crippen LogP contribution is -2.37. The molecule has 1 aliphatic carbocycles. The number of amides is 1. The zero-order valence-corrected chi connectivity index (χ0v) is 12.2. The van der Waals surface area contributed by atoms with E-state index in [0.717, 1.165) is 25.7 Å². The lowest BCUT2D eigenvalue weighted by Gasteiger charge is -2.21. The number of carbonyl (C=O) groups excluding carboxylic acids is 1. The molecule has 0 spiro atoms. The van der Waals surface area contributed by atoms with Gasteiger partial charge >= 0.3 is 0 Å². The Bertz CT molecular complexity index is 653. The van der Waals surface area contributed by atoms with Crippen molar-refractivity contribution in [3.05, 3.63) is 18.2 Å². The molecule has 1 aromatic rings. The Morgan fingerprint density at radius 2 is 2.00 bits per heavy atom.